The lowest BCUT2D eigenvalue weighted by Gasteiger charge is -2.61. The Labute approximate surface area is 365 Å². The number of piperidine rings is 1. The van der Waals surface area contributed by atoms with Crippen molar-refractivity contribution >= 4 is 56.1 Å². The third-order valence-corrected chi connectivity index (χ3v) is 14.6. The number of nitrogens with one attached hydrogen (secondary N) is 3. The molecule has 5 aliphatic rings. The normalized spacial score (nSPS) is 21.5. The van der Waals surface area contributed by atoms with Gasteiger partial charge in [0.2, 0.25) is 17.6 Å². The molecule has 332 valence electrons. The highest BCUT2D eigenvalue weighted by Gasteiger charge is 2.51. The lowest BCUT2D eigenvalue weighted by atomic mass is 9.72. The Bertz CT molecular complexity index is 2860. The van der Waals surface area contributed by atoms with Crippen LogP contribution in [0.2, 0.25) is 0 Å². The highest BCUT2D eigenvalue weighted by molar-refractivity contribution is 7.90. The van der Waals surface area contributed by atoms with Gasteiger partial charge in [0.05, 0.1) is 17.4 Å². The number of aliphatic hydroxyl groups is 1. The summed E-state index contributed by atoms with van der Waals surface area (Å²) in [6.45, 7) is 4.04. The van der Waals surface area contributed by atoms with Gasteiger partial charge in [0.25, 0.3) is 5.91 Å². The Kier molecular flexibility index (Phi) is 10.3. The summed E-state index contributed by atoms with van der Waals surface area (Å²) >= 11 is 0. The fourth-order valence-corrected chi connectivity index (χ4v) is 11.0. The van der Waals surface area contributed by atoms with E-state index in [1.807, 2.05) is 35.1 Å². The van der Waals surface area contributed by atoms with Gasteiger partial charge in [-0.15, -0.1) is 0 Å². The lowest BCUT2D eigenvalue weighted by Crippen LogP contribution is -2.72. The Hall–Kier alpha value is -6.15. The van der Waals surface area contributed by atoms with Crippen LogP contribution in [0.3, 0.4) is 0 Å². The van der Waals surface area contributed by atoms with E-state index in [1.165, 1.54) is 11.1 Å². The number of anilines is 2. The fraction of sp³-hybridized carbons (Fsp3) is 0.356. The number of halogens is 3. The van der Waals surface area contributed by atoms with Crippen LogP contribution >= 0.6 is 0 Å². The number of amides is 3. The number of pyridine rings is 1. The second kappa shape index (κ2) is 15.8. The number of nitrogens with zero attached hydrogens (tertiary/aromatic N) is 5. The summed E-state index contributed by atoms with van der Waals surface area (Å²) in [5.74, 6) is -4.63. The third kappa shape index (κ3) is 7.48. The van der Waals surface area contributed by atoms with Crippen LogP contribution in [0, 0.1) is 17.0 Å². The van der Waals surface area contributed by atoms with E-state index < -0.39 is 69.6 Å². The first-order valence-corrected chi connectivity index (χ1v) is 22.5. The van der Waals surface area contributed by atoms with Gasteiger partial charge in [0.15, 0.2) is 5.82 Å². The summed E-state index contributed by atoms with van der Waals surface area (Å²) in [6, 6.07) is 15.9. The smallest absolute Gasteiger partial charge is 0.301 e. The van der Waals surface area contributed by atoms with Crippen molar-refractivity contribution in [2.24, 2.45) is 5.41 Å². The molecule has 15 nitrogen and oxygen atoms in total. The van der Waals surface area contributed by atoms with Crippen LogP contribution in [0.25, 0.3) is 22.2 Å². The summed E-state index contributed by atoms with van der Waals surface area (Å²) in [6.07, 6.45) is 1.85. The molecule has 3 atom stereocenters. The molecule has 5 aromatic rings. The van der Waals surface area contributed by atoms with Crippen molar-refractivity contribution in [3.8, 4) is 11.1 Å². The monoisotopic (exact) mass is 896 g/mol. The number of ketones is 1. The van der Waals surface area contributed by atoms with Crippen LogP contribution in [0.5, 0.6) is 0 Å². The number of hydrogen-bond acceptors (Lipinski definition) is 10. The van der Waals surface area contributed by atoms with E-state index in [-0.39, 0.29) is 48.7 Å². The molecule has 0 aliphatic carbocycles. The molecule has 64 heavy (non-hydrogen) atoms. The van der Waals surface area contributed by atoms with Crippen LogP contribution in [0.15, 0.2) is 73.1 Å². The average molecular weight is 897 g/mol. The van der Waals surface area contributed by atoms with Gasteiger partial charge in [-0.25, -0.2) is 18.2 Å². The number of likely N-dealkylation sites (tertiary alicyclic amines) is 1. The van der Waals surface area contributed by atoms with Gasteiger partial charge in [-0.05, 0) is 72.4 Å². The number of rotatable bonds is 12. The van der Waals surface area contributed by atoms with Gasteiger partial charge < -0.3 is 24.8 Å². The van der Waals surface area contributed by atoms with Gasteiger partial charge in [-0.2, -0.15) is 12.7 Å². The highest BCUT2D eigenvalue weighted by atomic mass is 32.2. The maximum absolute atomic E-state index is 15.7. The predicted molar refractivity (Wildman–Crippen MR) is 228 cm³/mol. The molecule has 3 aromatic carbocycles. The van der Waals surface area contributed by atoms with Crippen molar-refractivity contribution in [2.45, 2.75) is 50.5 Å². The zero-order chi connectivity index (χ0) is 44.7. The summed E-state index contributed by atoms with van der Waals surface area (Å²) in [5.41, 5.74) is 3.32. The first-order chi connectivity index (χ1) is 30.6. The van der Waals surface area contributed by atoms with Crippen LogP contribution in [0.1, 0.15) is 69.2 Å². The second-order valence-electron chi connectivity index (χ2n) is 17.5. The van der Waals surface area contributed by atoms with Crippen molar-refractivity contribution in [1.82, 2.24) is 29.4 Å². The van der Waals surface area contributed by atoms with Crippen LogP contribution < -0.4 is 14.9 Å². The number of aromatic nitrogens is 2. The number of hydrogen-bond donors (Lipinski definition) is 4. The molecule has 7 heterocycles. The molecule has 2 aromatic heterocycles. The molecular weight excluding hydrogens is 854 g/mol. The second-order valence-corrected chi connectivity index (χ2v) is 19.2. The highest BCUT2D eigenvalue weighted by Crippen LogP contribution is 2.43. The third-order valence-electron chi connectivity index (χ3n) is 13.2. The number of carbonyl (C=O) groups is 4. The number of H-pyrrole nitrogens is 1. The number of aromatic amines is 1. The minimum absolute atomic E-state index is 0.00299. The molecule has 0 unspecified atom stereocenters. The molecule has 19 heteroatoms. The minimum Gasteiger partial charge on any atom is -0.388 e. The van der Waals surface area contributed by atoms with Crippen LogP contribution in [0.4, 0.5) is 24.5 Å². The molecule has 0 saturated carbocycles. The Morgan fingerprint density at radius 3 is 2.50 bits per heavy atom. The summed E-state index contributed by atoms with van der Waals surface area (Å²) in [4.78, 5) is 64.2. The predicted octanol–water partition coefficient (Wildman–Crippen LogP) is 4.45. The van der Waals surface area contributed by atoms with Crippen molar-refractivity contribution in [3.05, 3.63) is 113 Å². The van der Waals surface area contributed by atoms with Crippen molar-refractivity contribution < 1.29 is 45.9 Å². The van der Waals surface area contributed by atoms with Crippen LogP contribution in [-0.4, -0.2) is 119 Å². The number of aliphatic hydroxyl groups excluding tert-OH is 1. The number of alkyl halides is 1. The number of carbonyl (C=O) groups excluding carboxylic acids is 4. The van der Waals surface area contributed by atoms with E-state index in [2.05, 4.69) is 25.1 Å². The molecule has 0 bridgehead atoms. The SMILES string of the molecule is O=C1CC[C@H](N2Cc3cc([C@@H](O)CCN4CC5(C4)CN(c4ccc(-c6cnc7[nH]cc(C(=O)c8c(F)ccc(NS(=O)(=O)N9CC[C@@H](F)C9)c8F)c7c6)cc4)C5)ccc3C2=O)C(=O)N1. The summed E-state index contributed by atoms with van der Waals surface area (Å²) in [7, 11) is -4.36. The van der Waals surface area contributed by atoms with E-state index in [9.17, 15) is 37.1 Å². The lowest BCUT2D eigenvalue weighted by molar-refractivity contribution is -0.136. The van der Waals surface area contributed by atoms with Crippen molar-refractivity contribution in [2.75, 3.05) is 55.4 Å². The van der Waals surface area contributed by atoms with Crippen molar-refractivity contribution in [3.63, 3.8) is 0 Å². The minimum atomic E-state index is -4.36. The quantitative estimate of drug-likeness (QED) is 0.103. The van der Waals surface area contributed by atoms with Gasteiger partial charge >= 0.3 is 10.2 Å². The first-order valence-electron chi connectivity index (χ1n) is 21.1. The largest absolute Gasteiger partial charge is 0.388 e. The summed E-state index contributed by atoms with van der Waals surface area (Å²) in [5, 5.41) is 13.7. The maximum Gasteiger partial charge on any atom is 0.301 e. The van der Waals surface area contributed by atoms with Gasteiger partial charge in [0.1, 0.15) is 23.7 Å². The zero-order valence-electron chi connectivity index (χ0n) is 34.3. The standard InChI is InChI=1S/C45H43F3N8O7S/c46-29-11-14-55(20-29)64(62,63)52-35-8-7-34(47)39(40(35)48)41(59)33-18-50-42-32(33)16-27(17-49-42)25-1-4-30(5-2-25)54-23-45(24-54)21-53(22-45)13-12-37(57)26-3-6-31-28(15-26)19-56(44(31)61)36-9-10-38(58)51-43(36)60/h1-8,15-18,29,36-37,52,57H,9-14,19-24H2,(H,49,50)(H,51,58,60)/t29-,36+,37+/m1/s1. The molecule has 4 N–H and O–H groups in total. The van der Waals surface area contributed by atoms with E-state index in [0.29, 0.717) is 41.5 Å². The van der Waals surface area contributed by atoms with E-state index in [4.69, 9.17) is 0 Å². The zero-order valence-corrected chi connectivity index (χ0v) is 35.1. The average Bonchev–Trinajstić information content (AvgIpc) is 3.97. The Morgan fingerprint density at radius 2 is 1.77 bits per heavy atom. The van der Waals surface area contributed by atoms with Crippen LogP contribution in [-0.2, 0) is 26.3 Å². The Morgan fingerprint density at radius 1 is 0.984 bits per heavy atom. The molecule has 4 fully saturated rings. The van der Waals surface area contributed by atoms with E-state index >= 15 is 8.78 Å². The molecule has 0 radical (unpaired) electrons. The van der Waals surface area contributed by atoms with Crippen molar-refractivity contribution in [1.29, 1.82) is 0 Å². The molecule has 10 rings (SSSR count). The van der Waals surface area contributed by atoms with E-state index in [0.717, 1.165) is 65.0 Å². The topological polar surface area (TPSA) is 188 Å². The molecule has 5 aliphatic heterocycles. The van der Waals surface area contributed by atoms with Gasteiger partial charge in [-0.1, -0.05) is 24.3 Å². The van der Waals surface area contributed by atoms with E-state index in [1.54, 1.807) is 24.4 Å². The first kappa shape index (κ1) is 41.8. The molecule has 4 saturated heterocycles. The fourth-order valence-electron chi connectivity index (χ4n) is 9.78. The Balaban J connectivity index is 0.736. The van der Waals surface area contributed by atoms with Gasteiger partial charge in [-0.3, -0.25) is 29.2 Å². The summed E-state index contributed by atoms with van der Waals surface area (Å²) < 4.78 is 73.0. The molecule has 1 spiro atoms. The number of fused-ring (bicyclic) bond motifs is 2. The molecule has 3 amide bonds. The number of imide groups is 1. The number of benzene rings is 3. The van der Waals surface area contributed by atoms with Gasteiger partial charge in [0, 0.05) is 104 Å². The maximum atomic E-state index is 15.7. The molecular formula is C45H43F3N8O7S.